The Bertz CT molecular complexity index is 1280. The first-order valence-electron chi connectivity index (χ1n) is 11.5. The first-order chi connectivity index (χ1) is 16.6. The number of hydrazine groups is 1. The summed E-state index contributed by atoms with van der Waals surface area (Å²) in [6.07, 6.45) is 4.10. The van der Waals surface area contributed by atoms with Gasteiger partial charge in [0.15, 0.2) is 0 Å². The quantitative estimate of drug-likeness (QED) is 0.318. The van der Waals surface area contributed by atoms with Gasteiger partial charge in [-0.2, -0.15) is 0 Å². The average Bonchev–Trinajstić information content (AvgIpc) is 3.14. The molecule has 0 saturated carbocycles. The van der Waals surface area contributed by atoms with E-state index in [9.17, 15) is 18.8 Å². The minimum Gasteiger partial charge on any atom is -0.350 e. The van der Waals surface area contributed by atoms with Crippen molar-refractivity contribution < 1.29 is 18.8 Å². The Morgan fingerprint density at radius 2 is 1.74 bits per heavy atom. The van der Waals surface area contributed by atoms with Crippen molar-refractivity contribution in [3.8, 4) is 0 Å². The molecule has 3 aromatic rings. The van der Waals surface area contributed by atoms with Gasteiger partial charge < -0.3 is 9.47 Å². The van der Waals surface area contributed by atoms with Gasteiger partial charge in [-0.1, -0.05) is 23.7 Å². The van der Waals surface area contributed by atoms with Crippen LogP contribution in [0.15, 0.2) is 42.6 Å². The Kier molecular flexibility index (Phi) is 7.23. The molecular formula is C26H28ClFN4O3. The van der Waals surface area contributed by atoms with E-state index < -0.39 is 11.7 Å². The molecule has 2 amide bonds. The summed E-state index contributed by atoms with van der Waals surface area (Å²) in [5.74, 6) is -1.47. The number of carbonyl (C=O) groups is 3. The number of benzene rings is 2. The van der Waals surface area contributed by atoms with Crippen molar-refractivity contribution in [2.24, 2.45) is 13.0 Å². The van der Waals surface area contributed by atoms with Crippen molar-refractivity contribution in [1.29, 1.82) is 0 Å². The van der Waals surface area contributed by atoms with Crippen LogP contribution in [0.4, 0.5) is 4.39 Å². The van der Waals surface area contributed by atoms with Gasteiger partial charge in [0, 0.05) is 45.8 Å². The summed E-state index contributed by atoms with van der Waals surface area (Å²) in [4.78, 5) is 40.2. The van der Waals surface area contributed by atoms with E-state index in [-0.39, 0.29) is 17.3 Å². The number of hydrogen-bond acceptors (Lipinski definition) is 4. The third-order valence-corrected chi connectivity index (χ3v) is 6.74. The second-order valence-corrected chi connectivity index (χ2v) is 9.64. The minimum atomic E-state index is -0.756. The first kappa shape index (κ1) is 24.9. The summed E-state index contributed by atoms with van der Waals surface area (Å²) in [5, 5.41) is 2.20. The van der Waals surface area contributed by atoms with Gasteiger partial charge in [-0.05, 0) is 55.0 Å². The van der Waals surface area contributed by atoms with E-state index in [0.717, 1.165) is 24.8 Å². The van der Waals surface area contributed by atoms with Gasteiger partial charge in [0.1, 0.15) is 5.82 Å². The predicted octanol–water partition coefficient (Wildman–Crippen LogP) is 3.84. The van der Waals surface area contributed by atoms with Gasteiger partial charge in [0.25, 0.3) is 11.7 Å². The largest absolute Gasteiger partial charge is 0.350 e. The summed E-state index contributed by atoms with van der Waals surface area (Å²) in [7, 11) is 4.99. The normalized spacial score (nSPS) is 14.5. The number of Topliss-reactive ketones (excluding diaryl/α,β-unsaturated/α-hetero) is 1. The van der Waals surface area contributed by atoms with Crippen LogP contribution < -0.4 is 5.43 Å². The van der Waals surface area contributed by atoms with Gasteiger partial charge in [-0.25, -0.2) is 9.40 Å². The Morgan fingerprint density at radius 3 is 2.37 bits per heavy atom. The first-order valence-corrected chi connectivity index (χ1v) is 11.9. The molecule has 1 N–H and O–H groups in total. The number of rotatable bonds is 6. The number of fused-ring (bicyclic) bond motifs is 1. The second-order valence-electron chi connectivity index (χ2n) is 9.23. The molecule has 184 valence electrons. The molecule has 2 heterocycles. The molecule has 1 aliphatic rings. The molecule has 0 atom stereocenters. The lowest BCUT2D eigenvalue weighted by molar-refractivity contribution is -0.120. The lowest BCUT2D eigenvalue weighted by Gasteiger charge is -2.32. The molecule has 1 aromatic heterocycles. The lowest BCUT2D eigenvalue weighted by atomic mass is 9.90. The third-order valence-electron chi connectivity index (χ3n) is 6.42. The SMILES string of the molecule is CN(C)NC(=O)C(=O)c1cn(C)c2cc(Cl)c(C(=O)N3CCC(Cc4ccc(F)cc4)CC3)cc12. The molecule has 9 heteroatoms. The number of halogens is 2. The maximum Gasteiger partial charge on any atom is 0.306 e. The van der Waals surface area contributed by atoms with Crippen molar-refractivity contribution in [3.63, 3.8) is 0 Å². The number of nitrogens with zero attached hydrogens (tertiary/aromatic N) is 3. The van der Waals surface area contributed by atoms with Crippen molar-refractivity contribution in [2.45, 2.75) is 19.3 Å². The van der Waals surface area contributed by atoms with Crippen LogP contribution in [0.25, 0.3) is 10.9 Å². The zero-order chi connectivity index (χ0) is 25.3. The van der Waals surface area contributed by atoms with Crippen molar-refractivity contribution in [3.05, 3.63) is 70.1 Å². The van der Waals surface area contributed by atoms with E-state index in [1.807, 2.05) is 0 Å². The molecule has 0 aliphatic carbocycles. The van der Waals surface area contributed by atoms with Gasteiger partial charge >= 0.3 is 5.91 Å². The monoisotopic (exact) mass is 498 g/mol. The molecule has 1 saturated heterocycles. The molecule has 0 radical (unpaired) electrons. The van der Waals surface area contributed by atoms with E-state index in [1.54, 1.807) is 61.1 Å². The Balaban J connectivity index is 1.51. The number of ketones is 1. The van der Waals surface area contributed by atoms with Crippen molar-refractivity contribution in [2.75, 3.05) is 27.2 Å². The number of carbonyl (C=O) groups excluding carboxylic acids is 3. The Labute approximate surface area is 208 Å². The van der Waals surface area contributed by atoms with E-state index in [1.165, 1.54) is 17.1 Å². The number of aryl methyl sites for hydroxylation is 1. The summed E-state index contributed by atoms with van der Waals surface area (Å²) in [6, 6.07) is 9.82. The highest BCUT2D eigenvalue weighted by Gasteiger charge is 2.27. The van der Waals surface area contributed by atoms with Crippen LogP contribution in [0.5, 0.6) is 0 Å². The highest BCUT2D eigenvalue weighted by Crippen LogP contribution is 2.30. The summed E-state index contributed by atoms with van der Waals surface area (Å²) < 4.78 is 14.9. The number of nitrogens with one attached hydrogen (secondary N) is 1. The van der Waals surface area contributed by atoms with Gasteiger partial charge in [0.05, 0.1) is 21.7 Å². The molecule has 0 bridgehead atoms. The topological polar surface area (TPSA) is 74.6 Å². The highest BCUT2D eigenvalue weighted by molar-refractivity contribution is 6.45. The third kappa shape index (κ3) is 5.39. The van der Waals surface area contributed by atoms with Crippen LogP contribution >= 0.6 is 11.6 Å². The summed E-state index contributed by atoms with van der Waals surface area (Å²) in [6.45, 7) is 1.18. The van der Waals surface area contributed by atoms with E-state index in [4.69, 9.17) is 11.6 Å². The van der Waals surface area contributed by atoms with Crippen LogP contribution in [0.3, 0.4) is 0 Å². The number of aromatic nitrogens is 1. The molecular weight excluding hydrogens is 471 g/mol. The van der Waals surface area contributed by atoms with E-state index in [0.29, 0.717) is 40.5 Å². The van der Waals surface area contributed by atoms with Gasteiger partial charge in [-0.3, -0.25) is 19.8 Å². The molecule has 1 fully saturated rings. The van der Waals surface area contributed by atoms with Gasteiger partial charge in [0.2, 0.25) is 0 Å². The zero-order valence-electron chi connectivity index (χ0n) is 20.0. The molecule has 7 nitrogen and oxygen atoms in total. The fourth-order valence-corrected chi connectivity index (χ4v) is 4.83. The summed E-state index contributed by atoms with van der Waals surface area (Å²) in [5.41, 5.74) is 4.72. The highest BCUT2D eigenvalue weighted by atomic mass is 35.5. The summed E-state index contributed by atoms with van der Waals surface area (Å²) >= 11 is 6.50. The maximum atomic E-state index is 13.4. The van der Waals surface area contributed by atoms with Crippen LogP contribution in [-0.4, -0.2) is 59.3 Å². The number of amides is 2. The molecule has 0 unspecified atom stereocenters. The van der Waals surface area contributed by atoms with Crippen LogP contribution in [0, 0.1) is 11.7 Å². The smallest absolute Gasteiger partial charge is 0.306 e. The van der Waals surface area contributed by atoms with Crippen LogP contribution in [-0.2, 0) is 18.3 Å². The number of hydrogen-bond donors (Lipinski definition) is 1. The maximum absolute atomic E-state index is 13.4. The van der Waals surface area contributed by atoms with E-state index in [2.05, 4.69) is 5.43 Å². The molecule has 0 spiro atoms. The van der Waals surface area contributed by atoms with E-state index >= 15 is 0 Å². The van der Waals surface area contributed by atoms with Crippen molar-refractivity contribution in [1.82, 2.24) is 19.9 Å². The average molecular weight is 499 g/mol. The van der Waals surface area contributed by atoms with Gasteiger partial charge in [-0.15, -0.1) is 0 Å². The molecule has 35 heavy (non-hydrogen) atoms. The lowest BCUT2D eigenvalue weighted by Crippen LogP contribution is -2.40. The molecule has 4 rings (SSSR count). The second kappa shape index (κ2) is 10.2. The molecule has 1 aliphatic heterocycles. The van der Waals surface area contributed by atoms with Crippen LogP contribution in [0.2, 0.25) is 5.02 Å². The fourth-order valence-electron chi connectivity index (χ4n) is 4.59. The van der Waals surface area contributed by atoms with Crippen LogP contribution in [0.1, 0.15) is 39.1 Å². The standard InChI is InChI=1S/C26H28ClFN4O3/c1-30(2)29-25(34)24(33)21-15-31(3)23-14-22(27)20(13-19(21)23)26(35)32-10-8-17(9-11-32)12-16-4-6-18(28)7-5-16/h4-7,13-15,17H,8-12H2,1-3H3,(H,29,34). The van der Waals surface area contributed by atoms with Crippen molar-refractivity contribution >= 4 is 40.1 Å². The Morgan fingerprint density at radius 1 is 1.09 bits per heavy atom. The Hall–Kier alpha value is -3.23. The minimum absolute atomic E-state index is 0.197. The predicted molar refractivity (Wildman–Crippen MR) is 133 cm³/mol. The number of piperidine rings is 1. The molecule has 2 aromatic carbocycles. The fraction of sp³-hybridized carbons (Fsp3) is 0.346. The number of likely N-dealkylation sites (tertiary alicyclic amines) is 1. The zero-order valence-corrected chi connectivity index (χ0v) is 20.7.